The van der Waals surface area contributed by atoms with E-state index in [1.807, 2.05) is 0 Å². The van der Waals surface area contributed by atoms with E-state index in [0.717, 1.165) is 0 Å². The summed E-state index contributed by atoms with van der Waals surface area (Å²) in [6, 6.07) is 12.3. The Bertz CT molecular complexity index is 1070. The van der Waals surface area contributed by atoms with E-state index in [2.05, 4.69) is 10.6 Å². The second kappa shape index (κ2) is 10.3. The van der Waals surface area contributed by atoms with Gasteiger partial charge in [0.15, 0.2) is 14.6 Å². The number of anilines is 2. The van der Waals surface area contributed by atoms with Crippen molar-refractivity contribution in [1.29, 1.82) is 0 Å². The zero-order chi connectivity index (χ0) is 23.2. The van der Waals surface area contributed by atoms with Crippen molar-refractivity contribution in [1.82, 2.24) is 0 Å². The minimum Gasteiger partial charge on any atom is -0.447 e. The normalized spacial score (nSPS) is 15.2. The standard InChI is InChI=1S/C22H25ClN2O6S/c1-30-13-14-31-21(27)25-18-6-4-5-17(15-18)24-20(26)22(11-2-3-12-22)32(28,29)19-9-7-16(23)8-10-19/h4-10,15H,2-3,11-14H2,1H3,(H,24,26)(H,25,27). The summed E-state index contributed by atoms with van der Waals surface area (Å²) in [6.07, 6.45) is 1.06. The average Bonchev–Trinajstić information content (AvgIpc) is 3.26. The van der Waals surface area contributed by atoms with Crippen molar-refractivity contribution in [2.24, 2.45) is 0 Å². The van der Waals surface area contributed by atoms with Crippen LogP contribution in [0.4, 0.5) is 16.2 Å². The Morgan fingerprint density at radius 1 is 1.00 bits per heavy atom. The smallest absolute Gasteiger partial charge is 0.411 e. The largest absolute Gasteiger partial charge is 0.447 e. The maximum absolute atomic E-state index is 13.4. The van der Waals surface area contributed by atoms with Crippen molar-refractivity contribution >= 4 is 44.8 Å². The highest BCUT2D eigenvalue weighted by molar-refractivity contribution is 7.93. The second-order valence-electron chi connectivity index (χ2n) is 7.45. The van der Waals surface area contributed by atoms with Crippen molar-refractivity contribution in [3.8, 4) is 0 Å². The molecule has 2 aromatic rings. The van der Waals surface area contributed by atoms with Crippen molar-refractivity contribution in [2.45, 2.75) is 35.3 Å². The Kier molecular flexibility index (Phi) is 7.76. The molecule has 0 atom stereocenters. The van der Waals surface area contributed by atoms with Crippen LogP contribution < -0.4 is 10.6 Å². The van der Waals surface area contributed by atoms with Crippen molar-refractivity contribution < 1.29 is 27.5 Å². The molecule has 0 unspecified atom stereocenters. The third kappa shape index (κ3) is 5.23. The monoisotopic (exact) mass is 480 g/mol. The SMILES string of the molecule is COCCOC(=O)Nc1cccc(NC(=O)C2(S(=O)(=O)c3ccc(Cl)cc3)CCCC2)c1. The molecule has 8 nitrogen and oxygen atoms in total. The summed E-state index contributed by atoms with van der Waals surface area (Å²) in [4.78, 5) is 25.2. The van der Waals surface area contributed by atoms with Crippen LogP contribution >= 0.6 is 11.6 Å². The Hall–Kier alpha value is -2.62. The molecule has 0 saturated heterocycles. The van der Waals surface area contributed by atoms with Gasteiger partial charge in [0.25, 0.3) is 0 Å². The van der Waals surface area contributed by atoms with Gasteiger partial charge in [0, 0.05) is 23.5 Å². The summed E-state index contributed by atoms with van der Waals surface area (Å²) in [6.45, 7) is 0.373. The first kappa shape index (κ1) is 24.0. The quantitative estimate of drug-likeness (QED) is 0.546. The topological polar surface area (TPSA) is 111 Å². The van der Waals surface area contributed by atoms with Crippen LogP contribution in [0.2, 0.25) is 5.02 Å². The molecule has 3 rings (SSSR count). The van der Waals surface area contributed by atoms with Gasteiger partial charge in [-0.2, -0.15) is 0 Å². The number of hydrogen-bond donors (Lipinski definition) is 2. The predicted molar refractivity (Wildman–Crippen MR) is 122 cm³/mol. The molecule has 2 amide bonds. The molecule has 1 aliphatic carbocycles. The van der Waals surface area contributed by atoms with E-state index in [-0.39, 0.29) is 31.0 Å². The van der Waals surface area contributed by atoms with Crippen LogP contribution in [0.3, 0.4) is 0 Å². The van der Waals surface area contributed by atoms with Gasteiger partial charge in [-0.1, -0.05) is 30.5 Å². The van der Waals surface area contributed by atoms with E-state index in [1.54, 1.807) is 18.2 Å². The molecule has 1 saturated carbocycles. The number of carbonyl (C=O) groups is 2. The Balaban J connectivity index is 1.78. The molecule has 0 radical (unpaired) electrons. The van der Waals surface area contributed by atoms with Crippen LogP contribution in [-0.2, 0) is 24.1 Å². The first-order valence-corrected chi connectivity index (χ1v) is 12.0. The minimum absolute atomic E-state index is 0.0631. The van der Waals surface area contributed by atoms with Crippen LogP contribution in [0.1, 0.15) is 25.7 Å². The molecular formula is C22H25ClN2O6S. The lowest BCUT2D eigenvalue weighted by Gasteiger charge is -2.27. The number of sulfone groups is 1. The van der Waals surface area contributed by atoms with Crippen LogP contribution in [-0.4, -0.2) is 45.5 Å². The first-order valence-electron chi connectivity index (χ1n) is 10.1. The van der Waals surface area contributed by atoms with Gasteiger partial charge in [-0.3, -0.25) is 10.1 Å². The predicted octanol–water partition coefficient (Wildman–Crippen LogP) is 4.26. The van der Waals surface area contributed by atoms with Crippen molar-refractivity contribution in [3.05, 3.63) is 53.6 Å². The molecule has 0 aliphatic heterocycles. The maximum Gasteiger partial charge on any atom is 0.411 e. The summed E-state index contributed by atoms with van der Waals surface area (Å²) < 4.78 is 35.1. The lowest BCUT2D eigenvalue weighted by atomic mass is 10.1. The van der Waals surface area contributed by atoms with Crippen LogP contribution in [0.15, 0.2) is 53.4 Å². The average molecular weight is 481 g/mol. The molecule has 10 heteroatoms. The Morgan fingerprint density at radius 3 is 2.25 bits per heavy atom. The van der Waals surface area contributed by atoms with Crippen molar-refractivity contribution in [3.63, 3.8) is 0 Å². The summed E-state index contributed by atoms with van der Waals surface area (Å²) in [7, 11) is -2.45. The fourth-order valence-corrected chi connectivity index (χ4v) is 5.89. The highest BCUT2D eigenvalue weighted by Crippen LogP contribution is 2.41. The number of amides is 2. The fraction of sp³-hybridized carbons (Fsp3) is 0.364. The number of rotatable bonds is 8. The third-order valence-electron chi connectivity index (χ3n) is 5.35. The number of carbonyl (C=O) groups excluding carboxylic acids is 2. The molecule has 2 aromatic carbocycles. The summed E-state index contributed by atoms with van der Waals surface area (Å²) in [5.74, 6) is -0.593. The summed E-state index contributed by atoms with van der Waals surface area (Å²) >= 11 is 5.89. The number of halogens is 1. The molecule has 0 aromatic heterocycles. The van der Waals surface area contributed by atoms with Gasteiger partial charge in [0.05, 0.1) is 11.5 Å². The number of nitrogens with one attached hydrogen (secondary N) is 2. The molecule has 2 N–H and O–H groups in total. The van der Waals surface area contributed by atoms with E-state index in [0.29, 0.717) is 29.2 Å². The van der Waals surface area contributed by atoms with Gasteiger partial charge in [-0.25, -0.2) is 13.2 Å². The molecule has 0 spiro atoms. The lowest BCUT2D eigenvalue weighted by Crippen LogP contribution is -2.47. The fourth-order valence-electron chi connectivity index (χ4n) is 3.69. The molecular weight excluding hydrogens is 456 g/mol. The Labute approximate surface area is 192 Å². The van der Waals surface area contributed by atoms with Crippen LogP contribution in [0.25, 0.3) is 0 Å². The highest BCUT2D eigenvalue weighted by Gasteiger charge is 2.52. The molecule has 1 fully saturated rings. The number of methoxy groups -OCH3 is 1. The van der Waals surface area contributed by atoms with E-state index in [1.165, 1.54) is 37.4 Å². The third-order valence-corrected chi connectivity index (χ3v) is 8.12. The zero-order valence-corrected chi connectivity index (χ0v) is 19.2. The minimum atomic E-state index is -3.95. The van der Waals surface area contributed by atoms with Crippen LogP contribution in [0, 0.1) is 0 Å². The molecule has 0 heterocycles. The number of ether oxygens (including phenoxy) is 2. The molecule has 32 heavy (non-hydrogen) atoms. The van der Waals surface area contributed by atoms with E-state index in [4.69, 9.17) is 21.1 Å². The Morgan fingerprint density at radius 2 is 1.62 bits per heavy atom. The van der Waals surface area contributed by atoms with E-state index < -0.39 is 26.6 Å². The molecule has 0 bridgehead atoms. The van der Waals surface area contributed by atoms with Gasteiger partial charge in [0.1, 0.15) is 6.61 Å². The van der Waals surface area contributed by atoms with Gasteiger partial charge < -0.3 is 14.8 Å². The lowest BCUT2D eigenvalue weighted by molar-refractivity contribution is -0.118. The van der Waals surface area contributed by atoms with Gasteiger partial charge in [0.2, 0.25) is 5.91 Å². The van der Waals surface area contributed by atoms with E-state index in [9.17, 15) is 18.0 Å². The van der Waals surface area contributed by atoms with Gasteiger partial charge >= 0.3 is 6.09 Å². The second-order valence-corrected chi connectivity index (χ2v) is 10.1. The van der Waals surface area contributed by atoms with Crippen LogP contribution in [0.5, 0.6) is 0 Å². The summed E-state index contributed by atoms with van der Waals surface area (Å²) in [5, 5.41) is 5.69. The number of hydrogen-bond acceptors (Lipinski definition) is 6. The highest BCUT2D eigenvalue weighted by atomic mass is 35.5. The number of benzene rings is 2. The van der Waals surface area contributed by atoms with Crippen molar-refractivity contribution in [2.75, 3.05) is 31.0 Å². The zero-order valence-electron chi connectivity index (χ0n) is 17.6. The first-order chi connectivity index (χ1) is 15.3. The molecule has 172 valence electrons. The molecule has 1 aliphatic rings. The van der Waals surface area contributed by atoms with E-state index >= 15 is 0 Å². The summed E-state index contributed by atoms with van der Waals surface area (Å²) in [5.41, 5.74) is 0.758. The van der Waals surface area contributed by atoms with Gasteiger partial charge in [-0.05, 0) is 55.3 Å². The van der Waals surface area contributed by atoms with Gasteiger partial charge in [-0.15, -0.1) is 0 Å². The maximum atomic E-state index is 13.4.